The van der Waals surface area contributed by atoms with E-state index in [-0.39, 0.29) is 15.1 Å². The zero-order valence-corrected chi connectivity index (χ0v) is 21.4. The first-order valence-corrected chi connectivity index (χ1v) is 13.4. The summed E-state index contributed by atoms with van der Waals surface area (Å²) in [6.45, 7) is 1.57. The summed E-state index contributed by atoms with van der Waals surface area (Å²) in [6.07, 6.45) is 1.70. The molecule has 1 aliphatic rings. The minimum Gasteiger partial charge on any atom is -0.457 e. The lowest BCUT2D eigenvalue weighted by Crippen LogP contribution is -2.44. The number of thioether (sulfide) groups is 1. The van der Waals surface area contributed by atoms with Crippen molar-refractivity contribution in [2.24, 2.45) is 5.14 Å². The molecule has 0 aliphatic carbocycles. The van der Waals surface area contributed by atoms with Gasteiger partial charge in [-0.15, -0.1) is 0 Å². The molecule has 1 saturated heterocycles. The fourth-order valence-electron chi connectivity index (χ4n) is 3.35. The summed E-state index contributed by atoms with van der Waals surface area (Å²) in [4.78, 5) is 27.5. The molecular formula is C25H21N3O5S3. The molecule has 11 heteroatoms. The molecule has 3 aromatic rings. The van der Waals surface area contributed by atoms with Crippen LogP contribution in [-0.2, 0) is 19.6 Å². The summed E-state index contributed by atoms with van der Waals surface area (Å²) in [7, 11) is -3.84. The summed E-state index contributed by atoms with van der Waals surface area (Å²) in [5.74, 6) is 0.451. The number of hydrogen-bond donors (Lipinski definition) is 2. The number of nitrogens with one attached hydrogen (secondary N) is 1. The third kappa shape index (κ3) is 6.00. The van der Waals surface area contributed by atoms with Crippen molar-refractivity contribution in [3.05, 3.63) is 89.3 Å². The number of rotatable bonds is 7. The number of thiocarbonyl (C=S) groups is 1. The third-order valence-corrected chi connectivity index (χ3v) is 7.44. The fraction of sp³-hybridized carbons (Fsp3) is 0.0800. The molecule has 0 aromatic heterocycles. The quantitative estimate of drug-likeness (QED) is 0.338. The number of para-hydroxylation sites is 1. The van der Waals surface area contributed by atoms with E-state index in [1.807, 2.05) is 48.5 Å². The molecule has 3 N–H and O–H groups in total. The van der Waals surface area contributed by atoms with Crippen molar-refractivity contribution in [2.75, 3.05) is 5.32 Å². The van der Waals surface area contributed by atoms with Crippen molar-refractivity contribution in [3.8, 4) is 11.5 Å². The zero-order chi connectivity index (χ0) is 25.9. The van der Waals surface area contributed by atoms with Gasteiger partial charge in [0.25, 0.3) is 5.91 Å². The van der Waals surface area contributed by atoms with Gasteiger partial charge >= 0.3 is 0 Å². The van der Waals surface area contributed by atoms with E-state index in [4.69, 9.17) is 22.1 Å². The Morgan fingerprint density at radius 3 is 2.39 bits per heavy atom. The number of carbonyl (C=O) groups excluding carboxylic acids is 2. The molecule has 2 amide bonds. The van der Waals surface area contributed by atoms with Crippen LogP contribution in [0.25, 0.3) is 6.08 Å². The van der Waals surface area contributed by atoms with Crippen LogP contribution in [0.1, 0.15) is 12.5 Å². The highest BCUT2D eigenvalue weighted by Crippen LogP contribution is 2.35. The highest BCUT2D eigenvalue weighted by Gasteiger charge is 2.38. The molecule has 0 spiro atoms. The maximum Gasteiger partial charge on any atom is 0.266 e. The molecule has 36 heavy (non-hydrogen) atoms. The van der Waals surface area contributed by atoms with Gasteiger partial charge in [0.05, 0.1) is 9.80 Å². The van der Waals surface area contributed by atoms with Crippen LogP contribution in [0.5, 0.6) is 11.5 Å². The zero-order valence-electron chi connectivity index (χ0n) is 19.0. The van der Waals surface area contributed by atoms with Gasteiger partial charge in [-0.2, -0.15) is 0 Å². The molecule has 0 radical (unpaired) electrons. The van der Waals surface area contributed by atoms with Crippen LogP contribution in [0.3, 0.4) is 0 Å². The third-order valence-electron chi connectivity index (χ3n) is 5.18. The second-order valence-corrected chi connectivity index (χ2v) is 11.0. The molecule has 8 nitrogen and oxygen atoms in total. The number of nitrogens with two attached hydrogens (primary N) is 1. The first-order chi connectivity index (χ1) is 17.1. The van der Waals surface area contributed by atoms with Gasteiger partial charge in [0, 0.05) is 5.69 Å². The Hall–Kier alpha value is -3.51. The Labute approximate surface area is 218 Å². The topological polar surface area (TPSA) is 119 Å². The molecular weight excluding hydrogens is 518 g/mol. The lowest BCUT2D eigenvalue weighted by molar-refractivity contribution is -0.129. The number of ether oxygens (including phenoxy) is 1. The number of anilines is 1. The van der Waals surface area contributed by atoms with Gasteiger partial charge in [0.15, 0.2) is 0 Å². The van der Waals surface area contributed by atoms with Crippen molar-refractivity contribution in [3.63, 3.8) is 0 Å². The maximum atomic E-state index is 13.1. The minimum atomic E-state index is -3.84. The number of amides is 2. The Morgan fingerprint density at radius 1 is 1.06 bits per heavy atom. The average Bonchev–Trinajstić information content (AvgIpc) is 3.11. The van der Waals surface area contributed by atoms with Crippen LogP contribution < -0.4 is 15.2 Å². The van der Waals surface area contributed by atoms with E-state index in [1.54, 1.807) is 19.1 Å². The fourth-order valence-corrected chi connectivity index (χ4v) is 5.28. The second-order valence-electron chi connectivity index (χ2n) is 7.77. The summed E-state index contributed by atoms with van der Waals surface area (Å²) in [6, 6.07) is 21.1. The van der Waals surface area contributed by atoms with E-state index >= 15 is 0 Å². The van der Waals surface area contributed by atoms with Crippen LogP contribution in [0.2, 0.25) is 0 Å². The predicted octanol–water partition coefficient (Wildman–Crippen LogP) is 4.35. The molecule has 1 unspecified atom stereocenters. The van der Waals surface area contributed by atoms with Crippen molar-refractivity contribution in [1.29, 1.82) is 0 Å². The number of benzene rings is 3. The standard InChI is InChI=1S/C25H21N3O5S3/c1-16(23(29)27-18-10-12-21(13-11-18)36(26,31)32)28-24(30)22(35-25(28)34)15-17-6-5-9-20(14-17)33-19-7-3-2-4-8-19/h2-16H,1H3,(H,27,29)(H2,26,31,32)/b22-15-. The normalized spacial score (nSPS) is 15.7. The smallest absolute Gasteiger partial charge is 0.266 e. The average molecular weight is 540 g/mol. The number of nitrogens with zero attached hydrogens (tertiary/aromatic N) is 1. The molecule has 3 aromatic carbocycles. The number of primary sulfonamides is 1. The SMILES string of the molecule is CC(C(=O)Nc1ccc(S(N)(=O)=O)cc1)N1C(=O)/C(=C/c2cccc(Oc3ccccc3)c2)SC1=S. The van der Waals surface area contributed by atoms with Crippen molar-refractivity contribution in [2.45, 2.75) is 17.9 Å². The van der Waals surface area contributed by atoms with Crippen LogP contribution in [0.15, 0.2) is 88.7 Å². The molecule has 0 bridgehead atoms. The van der Waals surface area contributed by atoms with E-state index < -0.39 is 22.0 Å². The van der Waals surface area contributed by atoms with Gasteiger partial charge in [0.2, 0.25) is 15.9 Å². The van der Waals surface area contributed by atoms with Crippen molar-refractivity contribution >= 4 is 61.9 Å². The van der Waals surface area contributed by atoms with E-state index in [1.165, 1.54) is 29.2 Å². The van der Waals surface area contributed by atoms with E-state index in [0.717, 1.165) is 17.3 Å². The number of sulfonamides is 1. The minimum absolute atomic E-state index is 0.0751. The van der Waals surface area contributed by atoms with E-state index in [9.17, 15) is 18.0 Å². The summed E-state index contributed by atoms with van der Waals surface area (Å²) in [5.41, 5.74) is 1.10. The monoisotopic (exact) mass is 539 g/mol. The Kier molecular flexibility index (Phi) is 7.55. The van der Waals surface area contributed by atoms with Crippen LogP contribution in [0, 0.1) is 0 Å². The number of hydrogen-bond acceptors (Lipinski definition) is 7. The number of carbonyl (C=O) groups is 2. The van der Waals surface area contributed by atoms with Crippen LogP contribution in [0.4, 0.5) is 5.69 Å². The van der Waals surface area contributed by atoms with E-state index in [2.05, 4.69) is 5.32 Å². The Bertz CT molecular complexity index is 1460. The highest BCUT2D eigenvalue weighted by atomic mass is 32.2. The van der Waals surface area contributed by atoms with Crippen molar-refractivity contribution in [1.82, 2.24) is 4.90 Å². The molecule has 184 valence electrons. The Balaban J connectivity index is 1.46. The Morgan fingerprint density at radius 2 is 1.72 bits per heavy atom. The summed E-state index contributed by atoms with van der Waals surface area (Å²) < 4.78 is 28.9. The highest BCUT2D eigenvalue weighted by molar-refractivity contribution is 8.26. The molecule has 0 saturated carbocycles. The second kappa shape index (κ2) is 10.6. The predicted molar refractivity (Wildman–Crippen MR) is 144 cm³/mol. The molecule has 1 fully saturated rings. The van der Waals surface area contributed by atoms with Crippen molar-refractivity contribution < 1.29 is 22.7 Å². The van der Waals surface area contributed by atoms with Gasteiger partial charge in [-0.3, -0.25) is 14.5 Å². The van der Waals surface area contributed by atoms with Crippen LogP contribution >= 0.6 is 24.0 Å². The molecule has 1 aliphatic heterocycles. The summed E-state index contributed by atoms with van der Waals surface area (Å²) >= 11 is 6.49. The first-order valence-electron chi connectivity index (χ1n) is 10.7. The van der Waals surface area contributed by atoms with Gasteiger partial charge in [0.1, 0.15) is 21.9 Å². The van der Waals surface area contributed by atoms with Gasteiger partial charge in [-0.25, -0.2) is 13.6 Å². The van der Waals surface area contributed by atoms with Gasteiger partial charge in [-0.05, 0) is 67.1 Å². The maximum absolute atomic E-state index is 13.1. The molecule has 4 rings (SSSR count). The lowest BCUT2D eigenvalue weighted by atomic mass is 10.2. The summed E-state index contributed by atoms with van der Waals surface area (Å²) in [5, 5.41) is 7.75. The van der Waals surface area contributed by atoms with Gasteiger partial charge < -0.3 is 10.1 Å². The first kappa shape index (κ1) is 25.6. The molecule has 1 heterocycles. The lowest BCUT2D eigenvalue weighted by Gasteiger charge is -2.22. The largest absolute Gasteiger partial charge is 0.457 e. The van der Waals surface area contributed by atoms with Gasteiger partial charge in [-0.1, -0.05) is 54.3 Å². The van der Waals surface area contributed by atoms with Crippen LogP contribution in [-0.4, -0.2) is 35.5 Å². The van der Waals surface area contributed by atoms with E-state index in [0.29, 0.717) is 22.1 Å². The molecule has 1 atom stereocenters.